The summed E-state index contributed by atoms with van der Waals surface area (Å²) >= 11 is 0. The fourth-order valence-corrected chi connectivity index (χ4v) is 3.79. The van der Waals surface area contributed by atoms with Gasteiger partial charge in [-0.1, -0.05) is 49.6 Å². The van der Waals surface area contributed by atoms with Crippen LogP contribution in [0.2, 0.25) is 0 Å². The Morgan fingerprint density at radius 2 is 1.82 bits per heavy atom. The van der Waals surface area contributed by atoms with Crippen LogP contribution >= 0.6 is 0 Å². The molecule has 17 heavy (non-hydrogen) atoms. The van der Waals surface area contributed by atoms with E-state index in [4.69, 9.17) is 0 Å². The van der Waals surface area contributed by atoms with E-state index in [0.717, 1.165) is 12.6 Å². The molecule has 92 valence electrons. The standard InChI is InChI=1S/C16H23N/c1-14-16(10-6-3-7-11-16)13-17(14)12-15-8-4-2-5-9-15/h2,4-5,8-9,14H,3,6-7,10-13H2,1H3/t14-/m0/s1. The molecule has 0 bridgehead atoms. The lowest BCUT2D eigenvalue weighted by Gasteiger charge is -2.58. The van der Waals surface area contributed by atoms with E-state index in [1.54, 1.807) is 0 Å². The zero-order valence-corrected chi connectivity index (χ0v) is 10.9. The molecule has 0 unspecified atom stereocenters. The summed E-state index contributed by atoms with van der Waals surface area (Å²) in [4.78, 5) is 2.65. The van der Waals surface area contributed by atoms with E-state index < -0.39 is 0 Å². The predicted molar refractivity (Wildman–Crippen MR) is 71.8 cm³/mol. The van der Waals surface area contributed by atoms with Crippen LogP contribution in [0.1, 0.15) is 44.6 Å². The lowest BCUT2D eigenvalue weighted by atomic mass is 9.63. The molecule has 0 radical (unpaired) electrons. The van der Waals surface area contributed by atoms with Gasteiger partial charge in [0.25, 0.3) is 0 Å². The quantitative estimate of drug-likeness (QED) is 0.744. The van der Waals surface area contributed by atoms with Gasteiger partial charge in [0.2, 0.25) is 0 Å². The third-order valence-electron chi connectivity index (χ3n) is 5.03. The summed E-state index contributed by atoms with van der Waals surface area (Å²) in [5, 5.41) is 0. The zero-order chi connectivity index (χ0) is 11.7. The third-order valence-corrected chi connectivity index (χ3v) is 5.03. The molecule has 0 aromatic heterocycles. The first kappa shape index (κ1) is 11.3. The minimum absolute atomic E-state index is 0.688. The van der Waals surface area contributed by atoms with Crippen LogP contribution in [0.4, 0.5) is 0 Å². The van der Waals surface area contributed by atoms with E-state index in [1.807, 2.05) is 0 Å². The summed E-state index contributed by atoms with van der Waals surface area (Å²) < 4.78 is 0. The second kappa shape index (κ2) is 4.45. The molecular formula is C16H23N. The van der Waals surface area contributed by atoms with E-state index in [0.29, 0.717) is 5.41 Å². The maximum Gasteiger partial charge on any atom is 0.0237 e. The monoisotopic (exact) mass is 229 g/mol. The lowest BCUT2D eigenvalue weighted by Crippen LogP contribution is -2.63. The van der Waals surface area contributed by atoms with Gasteiger partial charge in [0.1, 0.15) is 0 Å². The normalized spacial score (nSPS) is 27.9. The molecular weight excluding hydrogens is 206 g/mol. The molecule has 1 aliphatic carbocycles. The molecule has 1 saturated heterocycles. The van der Waals surface area contributed by atoms with E-state index in [-0.39, 0.29) is 0 Å². The Balaban J connectivity index is 1.62. The van der Waals surface area contributed by atoms with Crippen molar-refractivity contribution in [3.63, 3.8) is 0 Å². The Labute approximate surface area is 105 Å². The Morgan fingerprint density at radius 1 is 1.12 bits per heavy atom. The SMILES string of the molecule is C[C@@H]1N(Cc2ccccc2)CC12CCCCC2. The van der Waals surface area contributed by atoms with Crippen molar-refractivity contribution in [1.29, 1.82) is 0 Å². The van der Waals surface area contributed by atoms with Gasteiger partial charge in [0.15, 0.2) is 0 Å². The molecule has 1 aromatic rings. The van der Waals surface area contributed by atoms with Crippen molar-refractivity contribution in [2.75, 3.05) is 6.54 Å². The third kappa shape index (κ3) is 2.01. The van der Waals surface area contributed by atoms with E-state index in [1.165, 1.54) is 44.2 Å². The molecule has 1 saturated carbocycles. The molecule has 1 aliphatic heterocycles. The largest absolute Gasteiger partial charge is 0.295 e. The average Bonchev–Trinajstić information content (AvgIpc) is 2.40. The first-order chi connectivity index (χ1) is 8.30. The van der Waals surface area contributed by atoms with Crippen molar-refractivity contribution < 1.29 is 0 Å². The molecule has 1 heteroatoms. The molecule has 1 heterocycles. The van der Waals surface area contributed by atoms with Crippen LogP contribution in [-0.4, -0.2) is 17.5 Å². The van der Waals surface area contributed by atoms with Crippen LogP contribution in [0, 0.1) is 5.41 Å². The van der Waals surface area contributed by atoms with E-state index >= 15 is 0 Å². The van der Waals surface area contributed by atoms with Crippen LogP contribution in [0.5, 0.6) is 0 Å². The Hall–Kier alpha value is -0.820. The Bertz CT molecular complexity index is 364. The summed E-state index contributed by atoms with van der Waals surface area (Å²) in [6.45, 7) is 4.92. The van der Waals surface area contributed by atoms with Gasteiger partial charge in [0, 0.05) is 19.1 Å². The van der Waals surface area contributed by atoms with Gasteiger partial charge in [-0.3, -0.25) is 4.90 Å². The van der Waals surface area contributed by atoms with Crippen LogP contribution in [-0.2, 0) is 6.54 Å². The van der Waals surface area contributed by atoms with Crippen molar-refractivity contribution in [2.45, 2.75) is 51.6 Å². The summed E-state index contributed by atoms with van der Waals surface area (Å²) in [5.41, 5.74) is 2.15. The molecule has 1 aromatic carbocycles. The van der Waals surface area contributed by atoms with Crippen LogP contribution in [0.25, 0.3) is 0 Å². The molecule has 1 atom stereocenters. The van der Waals surface area contributed by atoms with Gasteiger partial charge in [-0.15, -0.1) is 0 Å². The minimum Gasteiger partial charge on any atom is -0.295 e. The van der Waals surface area contributed by atoms with E-state index in [9.17, 15) is 0 Å². The summed E-state index contributed by atoms with van der Waals surface area (Å²) in [6, 6.07) is 11.7. The highest BCUT2D eigenvalue weighted by atomic mass is 15.2. The maximum absolute atomic E-state index is 2.65. The number of benzene rings is 1. The topological polar surface area (TPSA) is 3.24 Å². The van der Waals surface area contributed by atoms with Crippen LogP contribution < -0.4 is 0 Å². The highest BCUT2D eigenvalue weighted by Crippen LogP contribution is 2.49. The molecule has 3 rings (SSSR count). The first-order valence-corrected chi connectivity index (χ1v) is 7.08. The second-order valence-corrected chi connectivity index (χ2v) is 5.99. The number of nitrogens with zero attached hydrogens (tertiary/aromatic N) is 1. The molecule has 1 nitrogen and oxygen atoms in total. The summed E-state index contributed by atoms with van der Waals surface area (Å²) in [7, 11) is 0. The van der Waals surface area contributed by atoms with Gasteiger partial charge < -0.3 is 0 Å². The van der Waals surface area contributed by atoms with Crippen molar-refractivity contribution in [1.82, 2.24) is 4.90 Å². The molecule has 0 N–H and O–H groups in total. The molecule has 2 fully saturated rings. The zero-order valence-electron chi connectivity index (χ0n) is 10.9. The molecule has 0 amide bonds. The summed E-state index contributed by atoms with van der Waals surface area (Å²) in [6.07, 6.45) is 7.33. The highest BCUT2D eigenvalue weighted by Gasteiger charge is 2.49. The second-order valence-electron chi connectivity index (χ2n) is 5.99. The maximum atomic E-state index is 2.65. The van der Waals surface area contributed by atoms with Gasteiger partial charge in [-0.2, -0.15) is 0 Å². The van der Waals surface area contributed by atoms with Crippen LogP contribution in [0.3, 0.4) is 0 Å². The smallest absolute Gasteiger partial charge is 0.0237 e. The molecule has 1 spiro atoms. The van der Waals surface area contributed by atoms with Crippen molar-refractivity contribution in [3.05, 3.63) is 35.9 Å². The van der Waals surface area contributed by atoms with Gasteiger partial charge in [0.05, 0.1) is 0 Å². The van der Waals surface area contributed by atoms with Gasteiger partial charge in [-0.05, 0) is 30.7 Å². The fourth-order valence-electron chi connectivity index (χ4n) is 3.79. The summed E-state index contributed by atoms with van der Waals surface area (Å²) in [5.74, 6) is 0. The molecule has 2 aliphatic rings. The van der Waals surface area contributed by atoms with Crippen LogP contribution in [0.15, 0.2) is 30.3 Å². The minimum atomic E-state index is 0.688. The number of hydrogen-bond donors (Lipinski definition) is 0. The highest BCUT2D eigenvalue weighted by molar-refractivity contribution is 5.16. The first-order valence-electron chi connectivity index (χ1n) is 7.08. The number of hydrogen-bond acceptors (Lipinski definition) is 1. The Morgan fingerprint density at radius 3 is 2.47 bits per heavy atom. The average molecular weight is 229 g/mol. The van der Waals surface area contributed by atoms with Gasteiger partial charge >= 0.3 is 0 Å². The van der Waals surface area contributed by atoms with Crippen molar-refractivity contribution >= 4 is 0 Å². The fraction of sp³-hybridized carbons (Fsp3) is 0.625. The van der Waals surface area contributed by atoms with Gasteiger partial charge in [-0.25, -0.2) is 0 Å². The van der Waals surface area contributed by atoms with E-state index in [2.05, 4.69) is 42.2 Å². The lowest BCUT2D eigenvalue weighted by molar-refractivity contribution is -0.0930. The predicted octanol–water partition coefficient (Wildman–Crippen LogP) is 3.84. The van der Waals surface area contributed by atoms with Crippen molar-refractivity contribution in [2.24, 2.45) is 5.41 Å². The van der Waals surface area contributed by atoms with Crippen molar-refractivity contribution in [3.8, 4) is 0 Å². The number of likely N-dealkylation sites (tertiary alicyclic amines) is 1. The Kier molecular flexibility index (Phi) is 2.96. The number of rotatable bonds is 2.